The minimum absolute atomic E-state index is 0.312. The largest absolute Gasteiger partial charge is 0.478 e. The molecule has 0 saturated carbocycles. The van der Waals surface area contributed by atoms with Crippen LogP contribution in [0.5, 0.6) is 5.88 Å². The lowest BCUT2D eigenvalue weighted by Gasteiger charge is -2.07. The number of rotatable bonds is 8. The molecule has 96 valence electrons. The maximum Gasteiger partial charge on any atom is 0.213 e. The third-order valence-corrected chi connectivity index (χ3v) is 3.11. The van der Waals surface area contributed by atoms with E-state index in [0.29, 0.717) is 29.1 Å². The van der Waals surface area contributed by atoms with Crippen LogP contribution in [0.25, 0.3) is 0 Å². The van der Waals surface area contributed by atoms with E-state index in [-0.39, 0.29) is 0 Å². The summed E-state index contributed by atoms with van der Waals surface area (Å²) in [5, 5.41) is 0.593. The van der Waals surface area contributed by atoms with Gasteiger partial charge in [-0.2, -0.15) is 0 Å². The third-order valence-electron chi connectivity index (χ3n) is 2.52. The molecular formula is C13H19Cl2NO. The zero-order chi connectivity index (χ0) is 12.5. The number of hydrogen-bond donors (Lipinski definition) is 0. The number of pyridine rings is 1. The Hall–Kier alpha value is -0.470. The minimum atomic E-state index is 0.312. The van der Waals surface area contributed by atoms with Crippen molar-refractivity contribution in [1.82, 2.24) is 4.98 Å². The van der Waals surface area contributed by atoms with Crippen molar-refractivity contribution >= 4 is 23.2 Å². The molecule has 1 rings (SSSR count). The van der Waals surface area contributed by atoms with Crippen LogP contribution < -0.4 is 4.74 Å². The van der Waals surface area contributed by atoms with Gasteiger partial charge in [0.2, 0.25) is 5.88 Å². The lowest BCUT2D eigenvalue weighted by Crippen LogP contribution is -2.00. The number of aromatic nitrogens is 1. The van der Waals surface area contributed by atoms with Crippen LogP contribution in [0, 0.1) is 0 Å². The highest BCUT2D eigenvalue weighted by atomic mass is 35.5. The van der Waals surface area contributed by atoms with Gasteiger partial charge in [-0.1, -0.05) is 44.2 Å². The Morgan fingerprint density at radius 2 is 1.94 bits per heavy atom. The molecule has 0 unspecified atom stereocenters. The fourth-order valence-electron chi connectivity index (χ4n) is 1.52. The fourth-order valence-corrected chi connectivity index (χ4v) is 1.96. The first-order valence-corrected chi connectivity index (χ1v) is 7.03. The van der Waals surface area contributed by atoms with Crippen molar-refractivity contribution in [2.75, 3.05) is 6.61 Å². The normalized spacial score (nSPS) is 10.5. The van der Waals surface area contributed by atoms with Gasteiger partial charge in [0.1, 0.15) is 0 Å². The summed E-state index contributed by atoms with van der Waals surface area (Å²) in [5.74, 6) is 0.924. The molecule has 1 heterocycles. The maximum atomic E-state index is 5.91. The smallest absolute Gasteiger partial charge is 0.213 e. The number of ether oxygens (including phenoxy) is 1. The predicted molar refractivity (Wildman–Crippen MR) is 73.1 cm³/mol. The molecule has 17 heavy (non-hydrogen) atoms. The number of halogens is 2. The molecule has 0 N–H and O–H groups in total. The summed E-state index contributed by atoms with van der Waals surface area (Å²) in [5.41, 5.74) is 0.678. The van der Waals surface area contributed by atoms with Crippen LogP contribution in [0.1, 0.15) is 44.7 Å². The number of unbranched alkanes of at least 4 members (excludes halogenated alkanes) is 4. The second-order valence-corrected chi connectivity index (χ2v) is 4.65. The molecule has 0 aliphatic heterocycles. The topological polar surface area (TPSA) is 22.1 Å². The Morgan fingerprint density at radius 3 is 2.65 bits per heavy atom. The number of hydrogen-bond acceptors (Lipinski definition) is 2. The zero-order valence-electron chi connectivity index (χ0n) is 10.2. The highest BCUT2D eigenvalue weighted by Gasteiger charge is 2.03. The molecule has 0 saturated heterocycles. The molecule has 4 heteroatoms. The van der Waals surface area contributed by atoms with Gasteiger partial charge in [0.05, 0.1) is 23.2 Å². The van der Waals surface area contributed by atoms with Gasteiger partial charge in [0.25, 0.3) is 0 Å². The van der Waals surface area contributed by atoms with E-state index in [1.54, 1.807) is 12.1 Å². The van der Waals surface area contributed by atoms with Gasteiger partial charge in [-0.25, -0.2) is 4.98 Å². The summed E-state index contributed by atoms with van der Waals surface area (Å²) >= 11 is 11.6. The fraction of sp³-hybridized carbons (Fsp3) is 0.615. The van der Waals surface area contributed by atoms with Crippen molar-refractivity contribution < 1.29 is 4.74 Å². The van der Waals surface area contributed by atoms with E-state index in [1.165, 1.54) is 25.7 Å². The van der Waals surface area contributed by atoms with Crippen LogP contribution in [-0.2, 0) is 5.88 Å². The third kappa shape index (κ3) is 5.60. The summed E-state index contributed by atoms with van der Waals surface area (Å²) in [4.78, 5) is 4.24. The van der Waals surface area contributed by atoms with Gasteiger partial charge in [-0.3, -0.25) is 0 Å². The van der Waals surface area contributed by atoms with Gasteiger partial charge >= 0.3 is 0 Å². The first kappa shape index (κ1) is 14.6. The molecule has 0 amide bonds. The summed E-state index contributed by atoms with van der Waals surface area (Å²) in [6, 6.07) is 3.56. The second kappa shape index (κ2) is 8.60. The molecule has 0 aromatic carbocycles. The molecule has 0 fully saturated rings. The molecule has 0 aliphatic rings. The predicted octanol–water partition coefficient (Wildman–Crippen LogP) is 4.82. The van der Waals surface area contributed by atoms with E-state index >= 15 is 0 Å². The summed E-state index contributed by atoms with van der Waals surface area (Å²) < 4.78 is 5.56. The molecule has 0 bridgehead atoms. The van der Waals surface area contributed by atoms with Gasteiger partial charge in [-0.05, 0) is 12.5 Å². The van der Waals surface area contributed by atoms with Crippen molar-refractivity contribution in [1.29, 1.82) is 0 Å². The minimum Gasteiger partial charge on any atom is -0.478 e. The van der Waals surface area contributed by atoms with Crippen LogP contribution in [0.4, 0.5) is 0 Å². The molecule has 0 radical (unpaired) electrons. The van der Waals surface area contributed by atoms with Crippen molar-refractivity contribution in [2.24, 2.45) is 0 Å². The Bertz CT molecular complexity index is 331. The molecule has 1 aromatic rings. The van der Waals surface area contributed by atoms with Gasteiger partial charge in [0.15, 0.2) is 0 Å². The van der Waals surface area contributed by atoms with Crippen LogP contribution >= 0.6 is 23.2 Å². The Labute approximate surface area is 113 Å². The van der Waals surface area contributed by atoms with Crippen molar-refractivity contribution in [3.05, 3.63) is 22.8 Å². The van der Waals surface area contributed by atoms with E-state index in [2.05, 4.69) is 11.9 Å². The van der Waals surface area contributed by atoms with Crippen LogP contribution in [0.15, 0.2) is 12.1 Å². The summed E-state index contributed by atoms with van der Waals surface area (Å²) in [6.07, 6.45) is 6.12. The second-order valence-electron chi connectivity index (χ2n) is 3.97. The lowest BCUT2D eigenvalue weighted by molar-refractivity contribution is 0.293. The zero-order valence-corrected chi connectivity index (χ0v) is 11.7. The van der Waals surface area contributed by atoms with E-state index in [0.717, 1.165) is 6.42 Å². The monoisotopic (exact) mass is 275 g/mol. The first-order chi connectivity index (χ1) is 8.27. The summed E-state index contributed by atoms with van der Waals surface area (Å²) in [6.45, 7) is 2.92. The quantitative estimate of drug-likeness (QED) is 0.501. The molecule has 2 nitrogen and oxygen atoms in total. The van der Waals surface area contributed by atoms with E-state index in [4.69, 9.17) is 27.9 Å². The molecule has 0 atom stereocenters. The van der Waals surface area contributed by atoms with E-state index < -0.39 is 0 Å². The van der Waals surface area contributed by atoms with Crippen molar-refractivity contribution in [3.8, 4) is 5.88 Å². The van der Waals surface area contributed by atoms with Crippen LogP contribution in [0.3, 0.4) is 0 Å². The first-order valence-electron chi connectivity index (χ1n) is 6.12. The maximum absolute atomic E-state index is 5.91. The highest BCUT2D eigenvalue weighted by Crippen LogP contribution is 2.19. The van der Waals surface area contributed by atoms with Crippen LogP contribution in [-0.4, -0.2) is 11.6 Å². The van der Waals surface area contributed by atoms with E-state index in [1.807, 2.05) is 0 Å². The SMILES string of the molecule is CCCCCCCOc1ccc(Cl)c(CCl)n1. The van der Waals surface area contributed by atoms with Crippen molar-refractivity contribution in [3.63, 3.8) is 0 Å². The van der Waals surface area contributed by atoms with Crippen molar-refractivity contribution in [2.45, 2.75) is 44.9 Å². The molecular weight excluding hydrogens is 257 g/mol. The summed E-state index contributed by atoms with van der Waals surface area (Å²) in [7, 11) is 0. The van der Waals surface area contributed by atoms with Gasteiger partial charge < -0.3 is 4.74 Å². The molecule has 0 spiro atoms. The van der Waals surface area contributed by atoms with Gasteiger partial charge in [-0.15, -0.1) is 11.6 Å². The highest BCUT2D eigenvalue weighted by molar-refractivity contribution is 6.32. The Morgan fingerprint density at radius 1 is 1.18 bits per heavy atom. The van der Waals surface area contributed by atoms with E-state index in [9.17, 15) is 0 Å². The number of alkyl halides is 1. The van der Waals surface area contributed by atoms with Crippen LogP contribution in [0.2, 0.25) is 5.02 Å². The van der Waals surface area contributed by atoms with Gasteiger partial charge in [0, 0.05) is 6.07 Å². The average molecular weight is 276 g/mol. The average Bonchev–Trinajstić information content (AvgIpc) is 2.35. The number of nitrogens with zero attached hydrogens (tertiary/aromatic N) is 1. The Balaban J connectivity index is 2.27. The molecule has 1 aromatic heterocycles. The standard InChI is InChI=1S/C13H19Cl2NO/c1-2-3-4-5-6-9-17-13-8-7-11(15)12(10-14)16-13/h7-8H,2-6,9-10H2,1H3. The molecule has 0 aliphatic carbocycles. The lowest BCUT2D eigenvalue weighted by atomic mass is 10.2. The Kier molecular flexibility index (Phi) is 7.38.